The van der Waals surface area contributed by atoms with Gasteiger partial charge in [0.25, 0.3) is 0 Å². The fourth-order valence-corrected chi connectivity index (χ4v) is 0.273. The first kappa shape index (κ1) is 6.85. The van der Waals surface area contributed by atoms with Gasteiger partial charge in [-0.2, -0.15) is 0 Å². The van der Waals surface area contributed by atoms with Gasteiger partial charge in [-0.3, -0.25) is 0 Å². The summed E-state index contributed by atoms with van der Waals surface area (Å²) in [4.78, 5) is 0. The predicted molar refractivity (Wildman–Crippen MR) is 31.3 cm³/mol. The molecule has 0 fully saturated rings. The zero-order chi connectivity index (χ0) is 5.70. The van der Waals surface area contributed by atoms with E-state index in [0.29, 0.717) is 11.7 Å². The maximum atomic E-state index is 8.13. The standard InChI is InChI=1S/C4H8O2S/c1-4(7)6-3-2-5/h5H,2-3H2,1H3. The smallest absolute Gasteiger partial charge is 0.156 e. The van der Waals surface area contributed by atoms with Gasteiger partial charge >= 0.3 is 0 Å². The van der Waals surface area contributed by atoms with E-state index in [9.17, 15) is 0 Å². The lowest BCUT2D eigenvalue weighted by atomic mass is 10.7. The lowest BCUT2D eigenvalue weighted by molar-refractivity contribution is 0.196. The van der Waals surface area contributed by atoms with Crippen LogP contribution in [0, 0.1) is 0 Å². The van der Waals surface area contributed by atoms with Crippen molar-refractivity contribution in [3.05, 3.63) is 0 Å². The largest absolute Gasteiger partial charge is 0.485 e. The number of aliphatic hydroxyl groups is 1. The number of rotatable bonds is 2. The van der Waals surface area contributed by atoms with Gasteiger partial charge in [-0.1, -0.05) is 0 Å². The molecule has 0 aromatic heterocycles. The van der Waals surface area contributed by atoms with Crippen LogP contribution in [0.15, 0.2) is 0 Å². The third kappa shape index (κ3) is 5.85. The topological polar surface area (TPSA) is 29.5 Å². The van der Waals surface area contributed by atoms with Gasteiger partial charge < -0.3 is 9.84 Å². The molecule has 0 unspecified atom stereocenters. The Kier molecular flexibility index (Phi) is 3.93. The fourth-order valence-electron chi connectivity index (χ4n) is 0.189. The second kappa shape index (κ2) is 4.02. The first-order valence-electron chi connectivity index (χ1n) is 2.01. The molecule has 7 heavy (non-hydrogen) atoms. The summed E-state index contributed by atoms with van der Waals surface area (Å²) in [6.45, 7) is 2.02. The van der Waals surface area contributed by atoms with Gasteiger partial charge in [0.05, 0.1) is 6.61 Å². The number of hydrogen-bond donors (Lipinski definition) is 1. The van der Waals surface area contributed by atoms with Gasteiger partial charge in [0.2, 0.25) is 0 Å². The number of hydrogen-bond acceptors (Lipinski definition) is 3. The van der Waals surface area contributed by atoms with Gasteiger partial charge in [-0.05, 0) is 12.2 Å². The van der Waals surface area contributed by atoms with E-state index in [-0.39, 0.29) is 6.61 Å². The summed E-state index contributed by atoms with van der Waals surface area (Å²) in [7, 11) is 0. The highest BCUT2D eigenvalue weighted by molar-refractivity contribution is 7.80. The summed E-state index contributed by atoms with van der Waals surface area (Å²) in [5.41, 5.74) is 0. The molecule has 0 radical (unpaired) electrons. The van der Waals surface area contributed by atoms with Crippen LogP contribution in [-0.2, 0) is 4.74 Å². The minimum absolute atomic E-state index is 0.0357. The fraction of sp³-hybridized carbons (Fsp3) is 0.750. The Hall–Kier alpha value is -0.150. The third-order valence-electron chi connectivity index (χ3n) is 0.397. The SMILES string of the molecule is CC(=S)OCCO. The Morgan fingerprint density at radius 3 is 2.57 bits per heavy atom. The highest BCUT2D eigenvalue weighted by atomic mass is 32.1. The molecule has 0 aliphatic rings. The second-order valence-corrected chi connectivity index (χ2v) is 1.64. The lowest BCUT2D eigenvalue weighted by Crippen LogP contribution is -2.01. The molecule has 0 spiro atoms. The summed E-state index contributed by atoms with van der Waals surface area (Å²) in [5, 5.41) is 8.61. The average molecular weight is 120 g/mol. The zero-order valence-corrected chi connectivity index (χ0v) is 4.99. The Morgan fingerprint density at radius 1 is 1.86 bits per heavy atom. The molecule has 0 aliphatic heterocycles. The molecule has 0 saturated carbocycles. The molecular formula is C4H8O2S. The molecule has 2 nitrogen and oxygen atoms in total. The van der Waals surface area contributed by atoms with Crippen molar-refractivity contribution in [3.63, 3.8) is 0 Å². The van der Waals surface area contributed by atoms with Crippen LogP contribution in [0.5, 0.6) is 0 Å². The molecule has 0 rings (SSSR count). The molecular weight excluding hydrogens is 112 g/mol. The molecule has 0 aromatic rings. The molecule has 0 aromatic carbocycles. The van der Waals surface area contributed by atoms with Gasteiger partial charge in [0, 0.05) is 6.92 Å². The van der Waals surface area contributed by atoms with Gasteiger partial charge in [0.1, 0.15) is 6.61 Å². The lowest BCUT2D eigenvalue weighted by Gasteiger charge is -1.96. The Labute approximate surface area is 48.1 Å². The first-order chi connectivity index (χ1) is 3.27. The van der Waals surface area contributed by atoms with Crippen molar-refractivity contribution >= 4 is 17.3 Å². The molecule has 0 saturated heterocycles. The summed E-state index contributed by atoms with van der Waals surface area (Å²) in [5.74, 6) is 0. The van der Waals surface area contributed by atoms with Crippen molar-refractivity contribution in [2.75, 3.05) is 13.2 Å². The molecule has 0 heterocycles. The molecule has 42 valence electrons. The van der Waals surface area contributed by atoms with E-state index in [1.165, 1.54) is 0 Å². The Morgan fingerprint density at radius 2 is 2.43 bits per heavy atom. The Bertz CT molecular complexity index is 62.7. The Balaban J connectivity index is 2.82. The second-order valence-electron chi connectivity index (χ2n) is 1.06. The van der Waals surface area contributed by atoms with E-state index in [1.54, 1.807) is 6.92 Å². The molecule has 0 bridgehead atoms. The van der Waals surface area contributed by atoms with E-state index in [2.05, 4.69) is 17.0 Å². The normalized spacial score (nSPS) is 8.29. The van der Waals surface area contributed by atoms with Gasteiger partial charge in [-0.25, -0.2) is 0 Å². The highest BCUT2D eigenvalue weighted by Crippen LogP contribution is 1.76. The van der Waals surface area contributed by atoms with Crippen LogP contribution >= 0.6 is 12.2 Å². The van der Waals surface area contributed by atoms with Crippen molar-refractivity contribution in [1.82, 2.24) is 0 Å². The van der Waals surface area contributed by atoms with E-state index >= 15 is 0 Å². The molecule has 0 atom stereocenters. The van der Waals surface area contributed by atoms with Crippen LogP contribution < -0.4 is 0 Å². The van der Waals surface area contributed by atoms with Crippen LogP contribution in [0.4, 0.5) is 0 Å². The number of ether oxygens (including phenoxy) is 1. The van der Waals surface area contributed by atoms with Gasteiger partial charge in [-0.15, -0.1) is 0 Å². The van der Waals surface area contributed by atoms with Crippen molar-refractivity contribution in [2.45, 2.75) is 6.92 Å². The molecule has 1 N–H and O–H groups in total. The first-order valence-corrected chi connectivity index (χ1v) is 2.42. The van der Waals surface area contributed by atoms with Crippen molar-refractivity contribution in [1.29, 1.82) is 0 Å². The molecule has 3 heteroatoms. The van der Waals surface area contributed by atoms with Gasteiger partial charge in [0.15, 0.2) is 5.05 Å². The maximum absolute atomic E-state index is 8.13. The van der Waals surface area contributed by atoms with E-state index in [4.69, 9.17) is 5.11 Å². The minimum atomic E-state index is 0.0357. The summed E-state index contributed by atoms with van der Waals surface area (Å²) in [6.07, 6.45) is 0. The summed E-state index contributed by atoms with van der Waals surface area (Å²) in [6, 6.07) is 0. The number of aliphatic hydroxyl groups excluding tert-OH is 1. The van der Waals surface area contributed by atoms with Crippen LogP contribution in [0.3, 0.4) is 0 Å². The van der Waals surface area contributed by atoms with Crippen molar-refractivity contribution in [3.8, 4) is 0 Å². The van der Waals surface area contributed by atoms with E-state index in [1.807, 2.05) is 0 Å². The monoisotopic (exact) mass is 120 g/mol. The number of thiocarbonyl (C=S) groups is 1. The van der Waals surface area contributed by atoms with Crippen LogP contribution in [-0.4, -0.2) is 23.4 Å². The summed E-state index contributed by atoms with van der Waals surface area (Å²) < 4.78 is 4.67. The van der Waals surface area contributed by atoms with E-state index < -0.39 is 0 Å². The maximum Gasteiger partial charge on any atom is 0.156 e. The minimum Gasteiger partial charge on any atom is -0.485 e. The van der Waals surface area contributed by atoms with E-state index in [0.717, 1.165) is 0 Å². The average Bonchev–Trinajstić information content (AvgIpc) is 1.61. The molecule has 0 aliphatic carbocycles. The molecule has 0 amide bonds. The van der Waals surface area contributed by atoms with Crippen LogP contribution in [0.25, 0.3) is 0 Å². The predicted octanol–water partition coefficient (Wildman–Crippen LogP) is 0.343. The highest BCUT2D eigenvalue weighted by Gasteiger charge is 1.81. The summed E-state index contributed by atoms with van der Waals surface area (Å²) >= 11 is 4.53. The van der Waals surface area contributed by atoms with Crippen molar-refractivity contribution < 1.29 is 9.84 Å². The third-order valence-corrected chi connectivity index (χ3v) is 0.514. The quantitative estimate of drug-likeness (QED) is 0.533. The zero-order valence-electron chi connectivity index (χ0n) is 4.18. The van der Waals surface area contributed by atoms with Crippen LogP contribution in [0.2, 0.25) is 0 Å². The van der Waals surface area contributed by atoms with Crippen molar-refractivity contribution in [2.24, 2.45) is 0 Å². The van der Waals surface area contributed by atoms with Crippen LogP contribution in [0.1, 0.15) is 6.92 Å².